The third-order valence-electron chi connectivity index (χ3n) is 4.45. The summed E-state index contributed by atoms with van der Waals surface area (Å²) >= 11 is 0. The minimum Gasteiger partial charge on any atom is -0.459 e. The summed E-state index contributed by atoms with van der Waals surface area (Å²) in [5.74, 6) is -0.489. The van der Waals surface area contributed by atoms with Crippen molar-refractivity contribution in [3.05, 3.63) is 54.0 Å². The molecule has 7 heteroatoms. The number of benzene rings is 1. The first-order valence-electron chi connectivity index (χ1n) is 8.54. The summed E-state index contributed by atoms with van der Waals surface area (Å²) in [5.41, 5.74) is 1.15. The molecule has 0 radical (unpaired) electrons. The fourth-order valence-electron chi connectivity index (χ4n) is 3.03. The highest BCUT2D eigenvalue weighted by molar-refractivity contribution is 5.97. The van der Waals surface area contributed by atoms with E-state index in [1.165, 1.54) is 6.26 Å². The standard InChI is InChI=1S/C19H21N3O4/c1-20-17(23)13-6-8-15(9-7-13)21-18(24)14-4-2-10-22(12-14)19(25)16-5-3-11-26-16/h3,5-9,11,14H,2,4,10,12H2,1H3,(H,20,23)(H,21,24)/t14-/m0/s1. The Hall–Kier alpha value is -3.09. The van der Waals surface area contributed by atoms with Gasteiger partial charge in [0, 0.05) is 31.4 Å². The highest BCUT2D eigenvalue weighted by Crippen LogP contribution is 2.21. The van der Waals surface area contributed by atoms with Crippen LogP contribution in [0.5, 0.6) is 0 Å². The van der Waals surface area contributed by atoms with Crippen LogP contribution < -0.4 is 10.6 Å². The molecule has 7 nitrogen and oxygen atoms in total. The summed E-state index contributed by atoms with van der Waals surface area (Å²) in [7, 11) is 1.57. The van der Waals surface area contributed by atoms with E-state index in [1.54, 1.807) is 48.3 Å². The van der Waals surface area contributed by atoms with Gasteiger partial charge >= 0.3 is 0 Å². The topological polar surface area (TPSA) is 91.7 Å². The minimum absolute atomic E-state index is 0.130. The SMILES string of the molecule is CNC(=O)c1ccc(NC(=O)[C@H]2CCCN(C(=O)c3ccco3)C2)cc1. The Balaban J connectivity index is 1.60. The molecule has 1 aliphatic heterocycles. The fraction of sp³-hybridized carbons (Fsp3) is 0.316. The van der Waals surface area contributed by atoms with Crippen molar-refractivity contribution in [1.29, 1.82) is 0 Å². The van der Waals surface area contributed by atoms with Crippen LogP contribution in [0.4, 0.5) is 5.69 Å². The average molecular weight is 355 g/mol. The Bertz CT molecular complexity index is 784. The summed E-state index contributed by atoms with van der Waals surface area (Å²) < 4.78 is 5.16. The Morgan fingerprint density at radius 3 is 2.58 bits per heavy atom. The lowest BCUT2D eigenvalue weighted by Crippen LogP contribution is -2.43. The maximum atomic E-state index is 12.5. The molecule has 0 unspecified atom stereocenters. The Kier molecular flexibility index (Phi) is 5.36. The largest absolute Gasteiger partial charge is 0.459 e. The van der Waals surface area contributed by atoms with Crippen molar-refractivity contribution in [3.8, 4) is 0 Å². The van der Waals surface area contributed by atoms with Crippen LogP contribution in [0.3, 0.4) is 0 Å². The lowest BCUT2D eigenvalue weighted by molar-refractivity contribution is -0.121. The van der Waals surface area contributed by atoms with Gasteiger partial charge in [0.25, 0.3) is 11.8 Å². The number of carbonyl (C=O) groups excluding carboxylic acids is 3. The third-order valence-corrected chi connectivity index (χ3v) is 4.45. The molecule has 0 saturated carbocycles. The van der Waals surface area contributed by atoms with E-state index in [0.717, 1.165) is 12.8 Å². The van der Waals surface area contributed by atoms with E-state index in [-0.39, 0.29) is 29.4 Å². The van der Waals surface area contributed by atoms with E-state index in [4.69, 9.17) is 4.42 Å². The molecular weight excluding hydrogens is 334 g/mol. The fourth-order valence-corrected chi connectivity index (χ4v) is 3.03. The maximum absolute atomic E-state index is 12.5. The molecular formula is C19H21N3O4. The third kappa shape index (κ3) is 3.93. The number of hydrogen-bond acceptors (Lipinski definition) is 4. The normalized spacial score (nSPS) is 16.8. The number of amides is 3. The Morgan fingerprint density at radius 2 is 1.92 bits per heavy atom. The van der Waals surface area contributed by atoms with Crippen LogP contribution in [-0.2, 0) is 4.79 Å². The monoisotopic (exact) mass is 355 g/mol. The van der Waals surface area contributed by atoms with Crippen molar-refractivity contribution < 1.29 is 18.8 Å². The lowest BCUT2D eigenvalue weighted by Gasteiger charge is -2.31. The van der Waals surface area contributed by atoms with E-state index in [1.807, 2.05) is 0 Å². The number of rotatable bonds is 4. The first kappa shape index (κ1) is 17.7. The summed E-state index contributed by atoms with van der Waals surface area (Å²) in [5, 5.41) is 5.41. The first-order valence-corrected chi connectivity index (χ1v) is 8.54. The van der Waals surface area contributed by atoms with Crippen molar-refractivity contribution >= 4 is 23.4 Å². The highest BCUT2D eigenvalue weighted by atomic mass is 16.3. The van der Waals surface area contributed by atoms with Gasteiger partial charge in [-0.1, -0.05) is 0 Å². The van der Waals surface area contributed by atoms with Crippen molar-refractivity contribution in [3.63, 3.8) is 0 Å². The zero-order chi connectivity index (χ0) is 18.5. The number of piperidine rings is 1. The molecule has 0 spiro atoms. The second-order valence-corrected chi connectivity index (χ2v) is 6.21. The molecule has 26 heavy (non-hydrogen) atoms. The molecule has 1 saturated heterocycles. The lowest BCUT2D eigenvalue weighted by atomic mass is 9.96. The van der Waals surface area contributed by atoms with Gasteiger partial charge in [-0.25, -0.2) is 0 Å². The average Bonchev–Trinajstić information content (AvgIpc) is 3.22. The first-order chi connectivity index (χ1) is 12.6. The van der Waals surface area contributed by atoms with Gasteiger partial charge in [0.1, 0.15) is 0 Å². The number of nitrogens with zero attached hydrogens (tertiary/aromatic N) is 1. The van der Waals surface area contributed by atoms with Crippen LogP contribution in [0.25, 0.3) is 0 Å². The van der Waals surface area contributed by atoms with Crippen LogP contribution in [0.15, 0.2) is 47.1 Å². The molecule has 3 rings (SSSR count). The molecule has 1 aromatic heterocycles. The van der Waals surface area contributed by atoms with Gasteiger partial charge in [-0.2, -0.15) is 0 Å². The van der Waals surface area contributed by atoms with Crippen LogP contribution in [-0.4, -0.2) is 42.8 Å². The molecule has 2 heterocycles. The summed E-state index contributed by atoms with van der Waals surface area (Å²) in [6.45, 7) is 0.978. The Morgan fingerprint density at radius 1 is 1.15 bits per heavy atom. The predicted octanol–water partition coefficient (Wildman–Crippen LogP) is 2.13. The predicted molar refractivity (Wildman–Crippen MR) is 95.8 cm³/mol. The Labute approximate surface area is 151 Å². The number of hydrogen-bond donors (Lipinski definition) is 2. The number of nitrogens with one attached hydrogen (secondary N) is 2. The molecule has 0 bridgehead atoms. The highest BCUT2D eigenvalue weighted by Gasteiger charge is 2.29. The van der Waals surface area contributed by atoms with Crippen molar-refractivity contribution in [1.82, 2.24) is 10.2 Å². The minimum atomic E-state index is -0.277. The summed E-state index contributed by atoms with van der Waals surface area (Å²) in [6.07, 6.45) is 2.95. The molecule has 3 amide bonds. The van der Waals surface area contributed by atoms with Gasteiger partial charge in [0.05, 0.1) is 12.2 Å². The van der Waals surface area contributed by atoms with Crippen LogP contribution in [0.1, 0.15) is 33.8 Å². The van der Waals surface area contributed by atoms with Crippen LogP contribution in [0.2, 0.25) is 0 Å². The summed E-state index contributed by atoms with van der Waals surface area (Å²) in [4.78, 5) is 38.1. The van der Waals surface area contributed by atoms with Crippen LogP contribution in [0, 0.1) is 5.92 Å². The van der Waals surface area contributed by atoms with Gasteiger partial charge < -0.3 is 20.0 Å². The summed E-state index contributed by atoms with van der Waals surface area (Å²) in [6, 6.07) is 9.99. The molecule has 1 atom stereocenters. The number of carbonyl (C=O) groups is 3. The quantitative estimate of drug-likeness (QED) is 0.879. The second kappa shape index (κ2) is 7.86. The molecule has 136 valence electrons. The van der Waals surface area contributed by atoms with E-state index < -0.39 is 0 Å². The van der Waals surface area contributed by atoms with E-state index in [9.17, 15) is 14.4 Å². The molecule has 2 aromatic rings. The molecule has 1 aromatic carbocycles. The number of furan rings is 1. The zero-order valence-corrected chi connectivity index (χ0v) is 14.5. The van der Waals surface area contributed by atoms with Gasteiger partial charge in [-0.05, 0) is 49.2 Å². The molecule has 1 fully saturated rings. The van der Waals surface area contributed by atoms with Crippen molar-refractivity contribution in [2.75, 3.05) is 25.5 Å². The maximum Gasteiger partial charge on any atom is 0.289 e. The zero-order valence-electron chi connectivity index (χ0n) is 14.5. The van der Waals surface area contributed by atoms with Gasteiger partial charge in [0.15, 0.2) is 5.76 Å². The van der Waals surface area contributed by atoms with E-state index in [0.29, 0.717) is 24.3 Å². The van der Waals surface area contributed by atoms with Crippen LogP contribution >= 0.6 is 0 Å². The molecule has 0 aliphatic carbocycles. The van der Waals surface area contributed by atoms with Gasteiger partial charge in [-0.15, -0.1) is 0 Å². The smallest absolute Gasteiger partial charge is 0.289 e. The molecule has 2 N–H and O–H groups in total. The number of likely N-dealkylation sites (tertiary alicyclic amines) is 1. The van der Waals surface area contributed by atoms with Gasteiger partial charge in [-0.3, -0.25) is 14.4 Å². The van der Waals surface area contributed by atoms with E-state index in [2.05, 4.69) is 10.6 Å². The second-order valence-electron chi connectivity index (χ2n) is 6.21. The van der Waals surface area contributed by atoms with Crippen molar-refractivity contribution in [2.24, 2.45) is 5.92 Å². The van der Waals surface area contributed by atoms with Gasteiger partial charge in [0.2, 0.25) is 5.91 Å². The van der Waals surface area contributed by atoms with Crippen molar-refractivity contribution in [2.45, 2.75) is 12.8 Å². The molecule has 1 aliphatic rings. The van der Waals surface area contributed by atoms with E-state index >= 15 is 0 Å². The number of anilines is 1.